The fraction of sp³-hybridized carbons (Fsp3) is 0.588. The summed E-state index contributed by atoms with van der Waals surface area (Å²) in [5, 5.41) is 3.54. The molecule has 1 amide bonds. The molecule has 3 aliphatic rings. The third-order valence-corrected chi connectivity index (χ3v) is 5.68. The van der Waals surface area contributed by atoms with Crippen LogP contribution in [0.25, 0.3) is 0 Å². The molecule has 120 valence electrons. The second kappa shape index (κ2) is 6.41. The number of carbonyl (C=O) groups is 1. The normalized spacial score (nSPS) is 20.8. The molecular weight excluding hydrogens is 294 g/mol. The number of hydrogen-bond donors (Lipinski definition) is 2. The highest BCUT2D eigenvalue weighted by molar-refractivity contribution is 8.03. The molecule has 0 spiro atoms. The molecule has 22 heavy (non-hydrogen) atoms. The number of amides is 1. The first-order valence-electron chi connectivity index (χ1n) is 8.32. The van der Waals surface area contributed by atoms with Crippen molar-refractivity contribution in [3.05, 3.63) is 33.1 Å². The van der Waals surface area contributed by atoms with Gasteiger partial charge >= 0.3 is 0 Å². The predicted octanol–water partition coefficient (Wildman–Crippen LogP) is 2.85. The smallest absolute Gasteiger partial charge is 0.258 e. The molecule has 0 bridgehead atoms. The number of dihydropyridines is 1. The molecule has 0 radical (unpaired) electrons. The minimum absolute atomic E-state index is 0.0952. The van der Waals surface area contributed by atoms with E-state index in [0.29, 0.717) is 12.2 Å². The van der Waals surface area contributed by atoms with Crippen molar-refractivity contribution in [2.75, 3.05) is 18.8 Å². The number of nitrogens with two attached hydrogens (primary N) is 1. The van der Waals surface area contributed by atoms with E-state index in [1.54, 1.807) is 0 Å². The van der Waals surface area contributed by atoms with Crippen molar-refractivity contribution in [1.82, 2.24) is 10.2 Å². The standard InChI is InChI=1S/C17H25N3OS/c1-3-5-6-7-13-16-11(10-22-13)15(18)14-12(19-16)9-20(8-4-2)17(14)21/h19H,3-10,18H2,1-2H3. The third-order valence-electron chi connectivity index (χ3n) is 4.49. The van der Waals surface area contributed by atoms with Gasteiger partial charge < -0.3 is 16.0 Å². The van der Waals surface area contributed by atoms with Crippen LogP contribution in [0.1, 0.15) is 46.0 Å². The van der Waals surface area contributed by atoms with Crippen molar-refractivity contribution in [3.63, 3.8) is 0 Å². The van der Waals surface area contributed by atoms with Gasteiger partial charge in [0.2, 0.25) is 0 Å². The SMILES string of the molecule is CCCCCC1=C2NC3=C(C(=O)N(CCC)C3)C(N)=C2CS1. The summed E-state index contributed by atoms with van der Waals surface area (Å²) in [4.78, 5) is 15.8. The number of thioether (sulfide) groups is 1. The number of fused-ring (bicyclic) bond motifs is 1. The van der Waals surface area contributed by atoms with E-state index in [1.165, 1.54) is 29.9 Å². The Labute approximate surface area is 136 Å². The lowest BCUT2D eigenvalue weighted by atomic mass is 9.99. The molecule has 0 aromatic carbocycles. The zero-order chi connectivity index (χ0) is 15.7. The lowest BCUT2D eigenvalue weighted by molar-refractivity contribution is -0.125. The minimum atomic E-state index is 0.0952. The predicted molar refractivity (Wildman–Crippen MR) is 91.9 cm³/mol. The monoisotopic (exact) mass is 319 g/mol. The lowest BCUT2D eigenvalue weighted by Gasteiger charge is -2.20. The van der Waals surface area contributed by atoms with Crippen LogP contribution >= 0.6 is 11.8 Å². The van der Waals surface area contributed by atoms with Crippen molar-refractivity contribution in [1.29, 1.82) is 0 Å². The van der Waals surface area contributed by atoms with E-state index in [4.69, 9.17) is 5.73 Å². The lowest BCUT2D eigenvalue weighted by Crippen LogP contribution is -2.29. The summed E-state index contributed by atoms with van der Waals surface area (Å²) in [6, 6.07) is 0. The first kappa shape index (κ1) is 15.5. The molecule has 3 N–H and O–H groups in total. The van der Waals surface area contributed by atoms with Crippen LogP contribution in [-0.2, 0) is 4.79 Å². The molecule has 0 saturated carbocycles. The van der Waals surface area contributed by atoms with Crippen molar-refractivity contribution in [2.24, 2.45) is 5.73 Å². The number of nitrogens with zero attached hydrogens (tertiary/aromatic N) is 1. The van der Waals surface area contributed by atoms with Crippen LogP contribution in [0.2, 0.25) is 0 Å². The van der Waals surface area contributed by atoms with Crippen LogP contribution in [0, 0.1) is 0 Å². The van der Waals surface area contributed by atoms with E-state index in [1.807, 2.05) is 16.7 Å². The molecule has 0 unspecified atom stereocenters. The zero-order valence-electron chi connectivity index (χ0n) is 13.5. The molecule has 0 aromatic heterocycles. The summed E-state index contributed by atoms with van der Waals surface area (Å²) < 4.78 is 0. The highest BCUT2D eigenvalue weighted by Gasteiger charge is 2.38. The molecule has 0 aromatic rings. The van der Waals surface area contributed by atoms with E-state index in [0.717, 1.165) is 42.0 Å². The van der Waals surface area contributed by atoms with Gasteiger partial charge in [-0.3, -0.25) is 4.79 Å². The number of rotatable bonds is 6. The number of hydrogen-bond acceptors (Lipinski definition) is 4. The largest absolute Gasteiger partial charge is 0.398 e. The summed E-state index contributed by atoms with van der Waals surface area (Å²) in [5.74, 6) is 0.992. The van der Waals surface area contributed by atoms with Gasteiger partial charge in [0.05, 0.1) is 23.5 Å². The fourth-order valence-corrected chi connectivity index (χ4v) is 4.55. The maximum atomic E-state index is 12.5. The summed E-state index contributed by atoms with van der Waals surface area (Å²) in [6.45, 7) is 5.80. The van der Waals surface area contributed by atoms with Crippen molar-refractivity contribution >= 4 is 17.7 Å². The first-order chi connectivity index (χ1) is 10.7. The molecular formula is C17H25N3OS. The fourth-order valence-electron chi connectivity index (χ4n) is 3.32. The first-order valence-corrected chi connectivity index (χ1v) is 9.30. The Balaban J connectivity index is 1.84. The number of carbonyl (C=O) groups excluding carboxylic acids is 1. The Morgan fingerprint density at radius 3 is 2.82 bits per heavy atom. The molecule has 0 atom stereocenters. The zero-order valence-corrected chi connectivity index (χ0v) is 14.3. The summed E-state index contributed by atoms with van der Waals surface area (Å²) in [7, 11) is 0. The molecule has 3 aliphatic heterocycles. The third kappa shape index (κ3) is 2.56. The minimum Gasteiger partial charge on any atom is -0.398 e. The van der Waals surface area contributed by atoms with E-state index in [-0.39, 0.29) is 5.91 Å². The average molecular weight is 319 g/mol. The van der Waals surface area contributed by atoms with Gasteiger partial charge in [0.25, 0.3) is 5.91 Å². The quantitative estimate of drug-likeness (QED) is 0.739. The Kier molecular flexibility index (Phi) is 4.52. The van der Waals surface area contributed by atoms with Crippen molar-refractivity contribution < 1.29 is 4.79 Å². The van der Waals surface area contributed by atoms with E-state index in [9.17, 15) is 4.79 Å². The van der Waals surface area contributed by atoms with Gasteiger partial charge in [-0.05, 0) is 19.3 Å². The maximum Gasteiger partial charge on any atom is 0.258 e. The molecule has 3 rings (SSSR count). The van der Waals surface area contributed by atoms with Crippen molar-refractivity contribution in [2.45, 2.75) is 46.0 Å². The van der Waals surface area contributed by atoms with Gasteiger partial charge in [-0.15, -0.1) is 11.8 Å². The Hall–Kier alpha value is -1.36. The number of allylic oxidation sites excluding steroid dienone is 2. The summed E-state index contributed by atoms with van der Waals surface area (Å²) in [6.07, 6.45) is 5.82. The molecule has 0 fully saturated rings. The second-order valence-corrected chi connectivity index (χ2v) is 7.21. The van der Waals surface area contributed by atoms with Crippen LogP contribution in [0.4, 0.5) is 0 Å². The topological polar surface area (TPSA) is 58.4 Å². The van der Waals surface area contributed by atoms with E-state index < -0.39 is 0 Å². The molecule has 0 aliphatic carbocycles. The van der Waals surface area contributed by atoms with E-state index in [2.05, 4.69) is 19.2 Å². The van der Waals surface area contributed by atoms with Gasteiger partial charge in [0.1, 0.15) is 0 Å². The Morgan fingerprint density at radius 2 is 2.09 bits per heavy atom. The number of unbranched alkanes of at least 4 members (excludes halogenated alkanes) is 2. The molecule has 4 nitrogen and oxygen atoms in total. The molecule has 5 heteroatoms. The average Bonchev–Trinajstić information content (AvgIpc) is 3.03. The summed E-state index contributed by atoms with van der Waals surface area (Å²) in [5.41, 5.74) is 11.1. The van der Waals surface area contributed by atoms with Gasteiger partial charge in [0.15, 0.2) is 0 Å². The Morgan fingerprint density at radius 1 is 1.27 bits per heavy atom. The highest BCUT2D eigenvalue weighted by Crippen LogP contribution is 2.43. The second-order valence-electron chi connectivity index (χ2n) is 6.14. The van der Waals surface area contributed by atoms with E-state index >= 15 is 0 Å². The van der Waals surface area contributed by atoms with Crippen LogP contribution in [0.3, 0.4) is 0 Å². The summed E-state index contributed by atoms with van der Waals surface area (Å²) >= 11 is 1.88. The van der Waals surface area contributed by atoms with Gasteiger partial charge in [0, 0.05) is 28.5 Å². The highest BCUT2D eigenvalue weighted by atomic mass is 32.2. The van der Waals surface area contributed by atoms with Gasteiger partial charge in [-0.1, -0.05) is 26.7 Å². The van der Waals surface area contributed by atoms with Crippen LogP contribution < -0.4 is 11.1 Å². The van der Waals surface area contributed by atoms with Crippen LogP contribution in [0.15, 0.2) is 33.1 Å². The maximum absolute atomic E-state index is 12.5. The van der Waals surface area contributed by atoms with Gasteiger partial charge in [-0.2, -0.15) is 0 Å². The van der Waals surface area contributed by atoms with Crippen molar-refractivity contribution in [3.8, 4) is 0 Å². The van der Waals surface area contributed by atoms with Crippen LogP contribution in [0.5, 0.6) is 0 Å². The van der Waals surface area contributed by atoms with Crippen LogP contribution in [-0.4, -0.2) is 29.6 Å². The molecule has 0 saturated heterocycles. The Bertz CT molecular complexity index is 589. The van der Waals surface area contributed by atoms with Gasteiger partial charge in [-0.25, -0.2) is 0 Å². The molecule has 3 heterocycles. The number of nitrogens with one attached hydrogen (secondary N) is 1.